The highest BCUT2D eigenvalue weighted by molar-refractivity contribution is 5.84. The SMILES string of the molecule is CC(C)(C)C(=O)N1CCCC(C(=O)N2CCCC(C3OCCO3)C2)C1. The molecular weight excluding hydrogens is 320 g/mol. The van der Waals surface area contributed by atoms with Crippen LogP contribution in [0.5, 0.6) is 0 Å². The predicted molar refractivity (Wildman–Crippen MR) is 93.8 cm³/mol. The number of ether oxygens (including phenoxy) is 2. The van der Waals surface area contributed by atoms with E-state index in [4.69, 9.17) is 9.47 Å². The van der Waals surface area contributed by atoms with Crippen molar-refractivity contribution < 1.29 is 19.1 Å². The van der Waals surface area contributed by atoms with Crippen molar-refractivity contribution in [2.45, 2.75) is 52.7 Å². The van der Waals surface area contributed by atoms with Gasteiger partial charge in [0.1, 0.15) is 0 Å². The zero-order valence-corrected chi connectivity index (χ0v) is 15.8. The summed E-state index contributed by atoms with van der Waals surface area (Å²) >= 11 is 0. The molecule has 2 unspecified atom stereocenters. The van der Waals surface area contributed by atoms with Crippen molar-refractivity contribution in [1.29, 1.82) is 0 Å². The van der Waals surface area contributed by atoms with E-state index in [1.54, 1.807) is 0 Å². The average Bonchev–Trinajstić information content (AvgIpc) is 3.14. The van der Waals surface area contributed by atoms with Crippen molar-refractivity contribution in [3.8, 4) is 0 Å². The first kappa shape index (κ1) is 18.6. The minimum absolute atomic E-state index is 0.0655. The third-order valence-electron chi connectivity index (χ3n) is 5.50. The van der Waals surface area contributed by atoms with Crippen LogP contribution >= 0.6 is 0 Å². The van der Waals surface area contributed by atoms with Gasteiger partial charge in [0.15, 0.2) is 6.29 Å². The van der Waals surface area contributed by atoms with Gasteiger partial charge in [0.2, 0.25) is 11.8 Å². The Labute approximate surface area is 150 Å². The number of hydrogen-bond acceptors (Lipinski definition) is 4. The molecule has 25 heavy (non-hydrogen) atoms. The van der Waals surface area contributed by atoms with Crippen molar-refractivity contribution in [3.63, 3.8) is 0 Å². The number of carbonyl (C=O) groups excluding carboxylic acids is 2. The Bertz CT molecular complexity index is 496. The standard InChI is InChI=1S/C19H32N2O4/c1-19(2,3)18(23)21-9-4-6-14(12-21)16(22)20-8-5-7-15(13-20)17-24-10-11-25-17/h14-15,17H,4-13H2,1-3H3. The van der Waals surface area contributed by atoms with Gasteiger partial charge in [-0.2, -0.15) is 0 Å². The molecule has 2 amide bonds. The van der Waals surface area contributed by atoms with Crippen LogP contribution in [0.3, 0.4) is 0 Å². The second-order valence-corrected chi connectivity index (χ2v) is 8.64. The molecule has 0 spiro atoms. The van der Waals surface area contributed by atoms with E-state index < -0.39 is 5.41 Å². The van der Waals surface area contributed by atoms with E-state index in [1.165, 1.54) is 0 Å². The lowest BCUT2D eigenvalue weighted by atomic mass is 9.89. The molecule has 0 saturated carbocycles. The molecule has 6 nitrogen and oxygen atoms in total. The summed E-state index contributed by atoms with van der Waals surface area (Å²) in [6, 6.07) is 0. The fraction of sp³-hybridized carbons (Fsp3) is 0.895. The number of amides is 2. The van der Waals surface area contributed by atoms with Gasteiger partial charge in [-0.1, -0.05) is 20.8 Å². The van der Waals surface area contributed by atoms with Crippen LogP contribution in [0.2, 0.25) is 0 Å². The first-order chi connectivity index (χ1) is 11.9. The lowest BCUT2D eigenvalue weighted by Gasteiger charge is -2.40. The summed E-state index contributed by atoms with van der Waals surface area (Å²) in [6.45, 7) is 9.99. The minimum Gasteiger partial charge on any atom is -0.350 e. The number of piperidine rings is 2. The Hall–Kier alpha value is -1.14. The van der Waals surface area contributed by atoms with Gasteiger partial charge in [-0.25, -0.2) is 0 Å². The predicted octanol–water partition coefficient (Wildman–Crippen LogP) is 1.88. The quantitative estimate of drug-likeness (QED) is 0.761. The molecular formula is C19H32N2O4. The van der Waals surface area contributed by atoms with E-state index in [0.29, 0.717) is 26.3 Å². The van der Waals surface area contributed by atoms with Crippen LogP contribution in [-0.2, 0) is 19.1 Å². The van der Waals surface area contributed by atoms with E-state index in [-0.39, 0.29) is 29.9 Å². The van der Waals surface area contributed by atoms with Crippen LogP contribution in [0, 0.1) is 17.3 Å². The number of nitrogens with zero attached hydrogens (tertiary/aromatic N) is 2. The molecule has 0 aromatic rings. The maximum atomic E-state index is 13.0. The van der Waals surface area contributed by atoms with Gasteiger partial charge in [-0.15, -0.1) is 0 Å². The molecule has 2 atom stereocenters. The number of hydrogen-bond donors (Lipinski definition) is 0. The lowest BCUT2D eigenvalue weighted by molar-refractivity contribution is -0.148. The molecule has 0 aromatic carbocycles. The third-order valence-corrected chi connectivity index (χ3v) is 5.50. The number of likely N-dealkylation sites (tertiary alicyclic amines) is 2. The molecule has 3 fully saturated rings. The summed E-state index contributed by atoms with van der Waals surface area (Å²) in [7, 11) is 0. The van der Waals surface area contributed by atoms with Crippen LogP contribution in [0.15, 0.2) is 0 Å². The van der Waals surface area contributed by atoms with Crippen LogP contribution in [-0.4, -0.2) is 67.3 Å². The number of carbonyl (C=O) groups is 2. The first-order valence-corrected chi connectivity index (χ1v) is 9.67. The highest BCUT2D eigenvalue weighted by Crippen LogP contribution is 2.28. The van der Waals surface area contributed by atoms with Crippen molar-refractivity contribution in [2.24, 2.45) is 17.3 Å². The van der Waals surface area contributed by atoms with E-state index in [0.717, 1.165) is 38.8 Å². The Morgan fingerprint density at radius 2 is 1.56 bits per heavy atom. The Kier molecular flexibility index (Phi) is 5.68. The summed E-state index contributed by atoms with van der Waals surface area (Å²) in [5.41, 5.74) is -0.391. The van der Waals surface area contributed by atoms with Gasteiger partial charge >= 0.3 is 0 Å². The maximum absolute atomic E-state index is 13.0. The molecule has 0 aromatic heterocycles. The minimum atomic E-state index is -0.391. The molecule has 0 aliphatic carbocycles. The van der Waals surface area contributed by atoms with Crippen molar-refractivity contribution >= 4 is 11.8 Å². The fourth-order valence-electron chi connectivity index (χ4n) is 4.18. The molecule has 3 aliphatic heterocycles. The molecule has 3 heterocycles. The van der Waals surface area contributed by atoms with Crippen molar-refractivity contribution in [3.05, 3.63) is 0 Å². The van der Waals surface area contributed by atoms with Gasteiger partial charge in [0.25, 0.3) is 0 Å². The highest BCUT2D eigenvalue weighted by Gasteiger charge is 2.38. The van der Waals surface area contributed by atoms with E-state index >= 15 is 0 Å². The van der Waals surface area contributed by atoms with Crippen molar-refractivity contribution in [2.75, 3.05) is 39.4 Å². The summed E-state index contributed by atoms with van der Waals surface area (Å²) < 4.78 is 11.3. The third kappa shape index (κ3) is 4.34. The monoisotopic (exact) mass is 352 g/mol. The van der Waals surface area contributed by atoms with E-state index in [9.17, 15) is 9.59 Å². The Morgan fingerprint density at radius 3 is 2.24 bits per heavy atom. The van der Waals surface area contributed by atoms with Crippen LogP contribution in [0.4, 0.5) is 0 Å². The summed E-state index contributed by atoms with van der Waals surface area (Å²) in [6.07, 6.45) is 3.68. The maximum Gasteiger partial charge on any atom is 0.227 e. The second kappa shape index (κ2) is 7.62. The van der Waals surface area contributed by atoms with Gasteiger partial charge in [-0.05, 0) is 25.7 Å². The zero-order chi connectivity index (χ0) is 18.0. The second-order valence-electron chi connectivity index (χ2n) is 8.64. The topological polar surface area (TPSA) is 59.1 Å². The molecule has 3 saturated heterocycles. The molecule has 3 aliphatic rings. The van der Waals surface area contributed by atoms with Gasteiger partial charge < -0.3 is 19.3 Å². The van der Waals surface area contributed by atoms with Crippen molar-refractivity contribution in [1.82, 2.24) is 9.80 Å². The van der Waals surface area contributed by atoms with Crippen LogP contribution in [0.1, 0.15) is 46.5 Å². The molecule has 3 rings (SSSR count). The number of rotatable bonds is 2. The lowest BCUT2D eigenvalue weighted by Crippen LogP contribution is -2.51. The van der Waals surface area contributed by atoms with Gasteiger partial charge in [0.05, 0.1) is 19.1 Å². The normalized spacial score (nSPS) is 29.1. The highest BCUT2D eigenvalue weighted by atomic mass is 16.7. The molecule has 6 heteroatoms. The zero-order valence-electron chi connectivity index (χ0n) is 15.8. The van der Waals surface area contributed by atoms with E-state index in [1.807, 2.05) is 30.6 Å². The Morgan fingerprint density at radius 1 is 0.920 bits per heavy atom. The van der Waals surface area contributed by atoms with E-state index in [2.05, 4.69) is 0 Å². The molecule has 0 N–H and O–H groups in total. The van der Waals surface area contributed by atoms with Gasteiger partial charge in [-0.3, -0.25) is 9.59 Å². The first-order valence-electron chi connectivity index (χ1n) is 9.67. The molecule has 0 bridgehead atoms. The summed E-state index contributed by atoms with van der Waals surface area (Å²) in [5, 5.41) is 0. The van der Waals surface area contributed by atoms with Gasteiger partial charge in [0, 0.05) is 37.5 Å². The molecule has 0 radical (unpaired) electrons. The fourth-order valence-corrected chi connectivity index (χ4v) is 4.18. The Balaban J connectivity index is 1.59. The molecule has 142 valence electrons. The average molecular weight is 352 g/mol. The summed E-state index contributed by atoms with van der Waals surface area (Å²) in [4.78, 5) is 29.5. The smallest absolute Gasteiger partial charge is 0.227 e. The van der Waals surface area contributed by atoms with Crippen LogP contribution < -0.4 is 0 Å². The van der Waals surface area contributed by atoms with Crippen LogP contribution in [0.25, 0.3) is 0 Å². The summed E-state index contributed by atoms with van der Waals surface area (Å²) in [5.74, 6) is 0.559. The largest absolute Gasteiger partial charge is 0.350 e.